The summed E-state index contributed by atoms with van der Waals surface area (Å²) in [6.07, 6.45) is -0.257. The molecular formula is C11H12FNO4. The first-order valence-electron chi connectivity index (χ1n) is 5.07. The molecule has 2 rings (SSSR count). The van der Waals surface area contributed by atoms with Gasteiger partial charge in [-0.1, -0.05) is 0 Å². The summed E-state index contributed by atoms with van der Waals surface area (Å²) in [7, 11) is 0. The first-order chi connectivity index (χ1) is 8.11. The van der Waals surface area contributed by atoms with Crippen molar-refractivity contribution >= 4 is 5.97 Å². The fraction of sp³-hybridized carbons (Fsp3) is 0.364. The van der Waals surface area contributed by atoms with Crippen molar-refractivity contribution in [3.05, 3.63) is 23.3 Å². The number of hydrogen-bond acceptors (Lipinski definition) is 4. The van der Waals surface area contributed by atoms with Crippen molar-refractivity contribution in [2.24, 2.45) is 5.73 Å². The molecular weight excluding hydrogens is 229 g/mol. The highest BCUT2D eigenvalue weighted by Gasteiger charge is 2.21. The fourth-order valence-electron chi connectivity index (χ4n) is 1.76. The topological polar surface area (TPSA) is 81.8 Å². The molecule has 1 aliphatic heterocycles. The molecule has 0 fully saturated rings. The van der Waals surface area contributed by atoms with Crippen LogP contribution >= 0.6 is 0 Å². The lowest BCUT2D eigenvalue weighted by Gasteiger charge is -2.14. The van der Waals surface area contributed by atoms with Crippen LogP contribution < -0.4 is 15.2 Å². The van der Waals surface area contributed by atoms with Crippen LogP contribution in [0.5, 0.6) is 11.5 Å². The zero-order valence-electron chi connectivity index (χ0n) is 8.98. The van der Waals surface area contributed by atoms with Crippen molar-refractivity contribution < 1.29 is 23.8 Å². The third-order valence-corrected chi connectivity index (χ3v) is 2.57. The van der Waals surface area contributed by atoms with Gasteiger partial charge in [-0.05, 0) is 23.3 Å². The zero-order valence-corrected chi connectivity index (χ0v) is 8.98. The largest absolute Gasteiger partial charge is 0.481 e. The number of nitrogens with two attached hydrogens (primary N) is 1. The molecule has 0 amide bonds. The number of hydrogen-bond donors (Lipinski definition) is 2. The lowest BCUT2D eigenvalue weighted by Crippen LogP contribution is -2.16. The number of fused-ring (bicyclic) bond motifs is 1. The number of alkyl halides is 1. The van der Waals surface area contributed by atoms with Crippen LogP contribution in [0.25, 0.3) is 0 Å². The normalized spacial score (nSPS) is 14.7. The third-order valence-electron chi connectivity index (χ3n) is 2.57. The second kappa shape index (κ2) is 4.58. The van der Waals surface area contributed by atoms with Crippen molar-refractivity contribution in [1.82, 2.24) is 0 Å². The Labute approximate surface area is 96.9 Å². The summed E-state index contributed by atoms with van der Waals surface area (Å²) >= 11 is 0. The van der Waals surface area contributed by atoms with E-state index in [2.05, 4.69) is 0 Å². The molecule has 0 radical (unpaired) electrons. The van der Waals surface area contributed by atoms with E-state index in [0.29, 0.717) is 22.6 Å². The quantitative estimate of drug-likeness (QED) is 0.831. The van der Waals surface area contributed by atoms with Crippen molar-refractivity contribution in [3.63, 3.8) is 0 Å². The Kier molecular flexibility index (Phi) is 3.14. The van der Waals surface area contributed by atoms with E-state index in [-0.39, 0.29) is 13.2 Å². The van der Waals surface area contributed by atoms with Crippen LogP contribution in [0.15, 0.2) is 12.1 Å². The molecule has 1 aromatic carbocycles. The number of carbonyl (C=O) groups is 1. The fourth-order valence-corrected chi connectivity index (χ4v) is 1.76. The number of carboxylic acids is 1. The predicted molar refractivity (Wildman–Crippen MR) is 56.6 cm³/mol. The molecule has 0 saturated heterocycles. The van der Waals surface area contributed by atoms with Gasteiger partial charge < -0.3 is 20.3 Å². The van der Waals surface area contributed by atoms with Crippen LogP contribution in [-0.4, -0.2) is 17.9 Å². The average molecular weight is 241 g/mol. The number of aliphatic carboxylic acids is 1. The molecule has 0 aliphatic carbocycles. The smallest absolute Gasteiger partial charge is 0.305 e. The van der Waals surface area contributed by atoms with E-state index in [9.17, 15) is 9.18 Å². The predicted octanol–water partition coefficient (Wildman–Crippen LogP) is 1.36. The van der Waals surface area contributed by atoms with E-state index < -0.39 is 18.7 Å². The number of benzene rings is 1. The van der Waals surface area contributed by atoms with Crippen LogP contribution in [0.3, 0.4) is 0 Å². The molecule has 5 nitrogen and oxygen atoms in total. The minimum absolute atomic E-state index is 0.0820. The minimum Gasteiger partial charge on any atom is -0.481 e. The molecule has 0 saturated carbocycles. The monoisotopic (exact) mass is 241 g/mol. The van der Waals surface area contributed by atoms with Crippen LogP contribution in [0.4, 0.5) is 4.39 Å². The van der Waals surface area contributed by atoms with E-state index in [1.807, 2.05) is 0 Å². The van der Waals surface area contributed by atoms with E-state index in [0.717, 1.165) is 0 Å². The first kappa shape index (κ1) is 11.7. The molecule has 6 heteroatoms. The number of halogens is 1. The summed E-state index contributed by atoms with van der Waals surface area (Å²) in [5.74, 6) is -0.0954. The van der Waals surface area contributed by atoms with Crippen LogP contribution in [0.2, 0.25) is 0 Å². The third kappa shape index (κ3) is 2.31. The van der Waals surface area contributed by atoms with Crippen LogP contribution in [0.1, 0.15) is 23.6 Å². The average Bonchev–Trinajstić information content (AvgIpc) is 2.73. The number of carboxylic acid groups (broad SMARTS) is 1. The first-order valence-corrected chi connectivity index (χ1v) is 5.07. The molecule has 0 spiro atoms. The van der Waals surface area contributed by atoms with Gasteiger partial charge in [0, 0.05) is 6.04 Å². The summed E-state index contributed by atoms with van der Waals surface area (Å²) in [5.41, 5.74) is 6.50. The van der Waals surface area contributed by atoms with Crippen LogP contribution in [0, 0.1) is 0 Å². The van der Waals surface area contributed by atoms with Gasteiger partial charge in [0.2, 0.25) is 6.79 Å². The van der Waals surface area contributed by atoms with Gasteiger partial charge in [0.25, 0.3) is 0 Å². The summed E-state index contributed by atoms with van der Waals surface area (Å²) in [6.45, 7) is -0.641. The standard InChI is InChI=1S/C11H12FNO4/c12-4-6-1-9-10(17-5-16-9)2-7(6)8(13)3-11(14)15/h1-2,8H,3-5,13H2,(H,14,15). The van der Waals surface area contributed by atoms with Gasteiger partial charge >= 0.3 is 5.97 Å². The molecule has 1 atom stereocenters. The zero-order chi connectivity index (χ0) is 12.4. The second-order valence-corrected chi connectivity index (χ2v) is 3.74. The molecule has 0 aromatic heterocycles. The minimum atomic E-state index is -1.03. The molecule has 1 unspecified atom stereocenters. The van der Waals surface area contributed by atoms with Gasteiger partial charge in [-0.15, -0.1) is 0 Å². The van der Waals surface area contributed by atoms with E-state index in [1.54, 1.807) is 6.07 Å². The second-order valence-electron chi connectivity index (χ2n) is 3.74. The van der Waals surface area contributed by atoms with Gasteiger partial charge in [-0.25, -0.2) is 4.39 Å². The molecule has 1 aliphatic rings. The van der Waals surface area contributed by atoms with Gasteiger partial charge in [0.1, 0.15) is 6.67 Å². The number of rotatable bonds is 4. The lowest BCUT2D eigenvalue weighted by molar-refractivity contribution is -0.137. The maximum absolute atomic E-state index is 12.9. The van der Waals surface area contributed by atoms with Crippen molar-refractivity contribution in [3.8, 4) is 11.5 Å². The Morgan fingerprint density at radius 3 is 2.71 bits per heavy atom. The van der Waals surface area contributed by atoms with Gasteiger partial charge in [-0.3, -0.25) is 4.79 Å². The summed E-state index contributed by atoms with van der Waals surface area (Å²) in [5, 5.41) is 8.67. The SMILES string of the molecule is NC(CC(=O)O)c1cc2c(cc1CF)OCO2. The van der Waals surface area contributed by atoms with Crippen molar-refractivity contribution in [2.75, 3.05) is 6.79 Å². The Hall–Kier alpha value is -1.82. The number of ether oxygens (including phenoxy) is 2. The maximum atomic E-state index is 12.9. The highest BCUT2D eigenvalue weighted by molar-refractivity contribution is 5.68. The Morgan fingerprint density at radius 1 is 1.47 bits per heavy atom. The molecule has 17 heavy (non-hydrogen) atoms. The Bertz CT molecular complexity index is 449. The van der Waals surface area contributed by atoms with Gasteiger partial charge in [-0.2, -0.15) is 0 Å². The van der Waals surface area contributed by atoms with E-state index >= 15 is 0 Å². The molecule has 92 valence electrons. The molecule has 0 bridgehead atoms. The highest BCUT2D eigenvalue weighted by Crippen LogP contribution is 2.37. The molecule has 3 N–H and O–H groups in total. The summed E-state index contributed by atoms with van der Waals surface area (Å²) < 4.78 is 23.1. The summed E-state index contributed by atoms with van der Waals surface area (Å²) in [6, 6.07) is 2.29. The highest BCUT2D eigenvalue weighted by atomic mass is 19.1. The molecule has 1 heterocycles. The van der Waals surface area contributed by atoms with Crippen molar-refractivity contribution in [2.45, 2.75) is 19.1 Å². The van der Waals surface area contributed by atoms with Crippen LogP contribution in [-0.2, 0) is 11.5 Å². The Balaban J connectivity index is 2.35. The van der Waals surface area contributed by atoms with Gasteiger partial charge in [0.15, 0.2) is 11.5 Å². The summed E-state index contributed by atoms with van der Waals surface area (Å²) in [4.78, 5) is 10.6. The maximum Gasteiger partial charge on any atom is 0.305 e. The van der Waals surface area contributed by atoms with Gasteiger partial charge in [0.05, 0.1) is 6.42 Å². The molecule has 1 aromatic rings. The van der Waals surface area contributed by atoms with Crippen molar-refractivity contribution in [1.29, 1.82) is 0 Å². The van der Waals surface area contributed by atoms with E-state index in [4.69, 9.17) is 20.3 Å². The Morgan fingerprint density at radius 2 is 2.12 bits per heavy atom. The lowest BCUT2D eigenvalue weighted by atomic mass is 9.98. The van der Waals surface area contributed by atoms with E-state index in [1.165, 1.54) is 6.07 Å².